The minimum absolute atomic E-state index is 0.322. The van der Waals surface area contributed by atoms with Gasteiger partial charge in [-0.25, -0.2) is 0 Å². The summed E-state index contributed by atoms with van der Waals surface area (Å²) in [5, 5.41) is 8.63. The quantitative estimate of drug-likeness (QED) is 0.754. The van der Waals surface area contributed by atoms with E-state index in [9.17, 15) is 0 Å². The van der Waals surface area contributed by atoms with E-state index in [0.717, 1.165) is 6.54 Å². The van der Waals surface area contributed by atoms with E-state index in [1.54, 1.807) is 24.3 Å². The first-order valence-corrected chi connectivity index (χ1v) is 5.04. The number of rotatable bonds is 3. The van der Waals surface area contributed by atoms with Crippen molar-refractivity contribution >= 4 is 6.79 Å². The average Bonchev–Trinajstić information content (AvgIpc) is 2.31. The highest BCUT2D eigenvalue weighted by molar-refractivity contribution is 5.18. The number of para-hydroxylation sites is 1. The topological polar surface area (TPSA) is 63.3 Å². The third kappa shape index (κ3) is 15.4. The fourth-order valence-electron chi connectivity index (χ4n) is 0.822. The Morgan fingerprint density at radius 1 is 1.20 bits per heavy atom. The molecule has 0 spiro atoms. The van der Waals surface area contributed by atoms with Crippen LogP contribution in [0.4, 0.5) is 0 Å². The maximum absolute atomic E-state index is 8.63. The second kappa shape index (κ2) is 15.1. The Balaban J connectivity index is 0. The number of benzene rings is 1. The van der Waals surface area contributed by atoms with Crippen molar-refractivity contribution in [2.75, 3.05) is 6.54 Å². The molecule has 1 rings (SSSR count). The van der Waals surface area contributed by atoms with Crippen LogP contribution in [-0.2, 0) is 4.79 Å². The van der Waals surface area contributed by atoms with Gasteiger partial charge in [-0.2, -0.15) is 0 Å². The van der Waals surface area contributed by atoms with Gasteiger partial charge in [-0.3, -0.25) is 0 Å². The number of nitrogens with two attached hydrogens (primary N) is 1. The third-order valence-electron chi connectivity index (χ3n) is 1.56. The number of carbonyl (C=O) groups excluding carboxylic acids is 1. The molecule has 86 valence electrons. The predicted molar refractivity (Wildman–Crippen MR) is 63.8 cm³/mol. The first-order valence-electron chi connectivity index (χ1n) is 5.04. The van der Waals surface area contributed by atoms with E-state index >= 15 is 0 Å². The minimum Gasteiger partial charge on any atom is -0.508 e. The lowest BCUT2D eigenvalue weighted by Crippen LogP contribution is -1.96. The van der Waals surface area contributed by atoms with Gasteiger partial charge < -0.3 is 15.6 Å². The van der Waals surface area contributed by atoms with Crippen LogP contribution < -0.4 is 5.73 Å². The lowest BCUT2D eigenvalue weighted by molar-refractivity contribution is -0.0979. The number of phenols is 1. The molecule has 0 bridgehead atoms. The van der Waals surface area contributed by atoms with Crippen LogP contribution in [0.1, 0.15) is 26.2 Å². The fraction of sp³-hybridized carbons (Fsp3) is 0.417. The highest BCUT2D eigenvalue weighted by Gasteiger charge is 1.75. The smallest absolute Gasteiger partial charge is 0.115 e. The van der Waals surface area contributed by atoms with E-state index in [1.165, 1.54) is 19.3 Å². The van der Waals surface area contributed by atoms with Crippen molar-refractivity contribution in [3.63, 3.8) is 0 Å². The molecule has 0 aliphatic rings. The molecule has 0 fully saturated rings. The fourth-order valence-corrected chi connectivity index (χ4v) is 0.822. The molecule has 0 unspecified atom stereocenters. The van der Waals surface area contributed by atoms with Crippen LogP contribution in [0, 0.1) is 0 Å². The Kier molecular flexibility index (Phi) is 16.2. The van der Waals surface area contributed by atoms with Crippen LogP contribution in [0.3, 0.4) is 0 Å². The van der Waals surface area contributed by atoms with E-state index in [4.69, 9.17) is 15.6 Å². The number of aromatic hydroxyl groups is 1. The maximum Gasteiger partial charge on any atom is 0.115 e. The van der Waals surface area contributed by atoms with Crippen molar-refractivity contribution in [3.05, 3.63) is 30.3 Å². The molecule has 0 radical (unpaired) electrons. The molecule has 0 aliphatic heterocycles. The average molecular weight is 211 g/mol. The van der Waals surface area contributed by atoms with Crippen molar-refractivity contribution in [2.24, 2.45) is 5.73 Å². The van der Waals surface area contributed by atoms with Gasteiger partial charge in [0.05, 0.1) is 0 Å². The zero-order chi connectivity index (χ0) is 11.9. The SMILES string of the molecule is C=O.CCCCCN.Oc1ccccc1. The molecule has 0 heterocycles. The summed E-state index contributed by atoms with van der Waals surface area (Å²) in [6.45, 7) is 5.03. The monoisotopic (exact) mass is 211 g/mol. The number of hydrogen-bond donors (Lipinski definition) is 2. The minimum atomic E-state index is 0.322. The largest absolute Gasteiger partial charge is 0.508 e. The number of carbonyl (C=O) groups is 1. The predicted octanol–water partition coefficient (Wildman–Crippen LogP) is 2.34. The number of hydrogen-bond acceptors (Lipinski definition) is 3. The molecule has 3 nitrogen and oxygen atoms in total. The number of phenolic OH excluding ortho intramolecular Hbond substituents is 1. The van der Waals surface area contributed by atoms with Gasteiger partial charge in [-0.05, 0) is 25.1 Å². The zero-order valence-electron chi connectivity index (χ0n) is 9.36. The van der Waals surface area contributed by atoms with E-state index in [1.807, 2.05) is 12.9 Å². The van der Waals surface area contributed by atoms with Crippen LogP contribution >= 0.6 is 0 Å². The van der Waals surface area contributed by atoms with E-state index in [-0.39, 0.29) is 0 Å². The van der Waals surface area contributed by atoms with Crippen molar-refractivity contribution in [1.82, 2.24) is 0 Å². The van der Waals surface area contributed by atoms with Gasteiger partial charge in [0.15, 0.2) is 0 Å². The van der Waals surface area contributed by atoms with Crippen LogP contribution in [0.5, 0.6) is 5.75 Å². The molecule has 0 aromatic heterocycles. The van der Waals surface area contributed by atoms with Crippen LogP contribution in [0.15, 0.2) is 30.3 Å². The van der Waals surface area contributed by atoms with E-state index in [2.05, 4.69) is 6.92 Å². The Labute approximate surface area is 91.9 Å². The standard InChI is InChI=1S/C6H6O.C5H13N.CH2O/c7-6-4-2-1-3-5-6;1-2-3-4-5-6;1-2/h1-5,7H;2-6H2,1H3;1H2. The summed E-state index contributed by atoms with van der Waals surface area (Å²) < 4.78 is 0. The zero-order valence-corrected chi connectivity index (χ0v) is 9.36. The highest BCUT2D eigenvalue weighted by Crippen LogP contribution is 2.02. The lowest BCUT2D eigenvalue weighted by atomic mass is 10.3. The molecule has 3 heteroatoms. The van der Waals surface area contributed by atoms with Gasteiger partial charge in [0, 0.05) is 0 Å². The van der Waals surface area contributed by atoms with Gasteiger partial charge in [0.2, 0.25) is 0 Å². The molecule has 1 aromatic carbocycles. The third-order valence-corrected chi connectivity index (χ3v) is 1.56. The van der Waals surface area contributed by atoms with Crippen molar-refractivity contribution < 1.29 is 9.90 Å². The summed E-state index contributed by atoms with van der Waals surface area (Å²) >= 11 is 0. The van der Waals surface area contributed by atoms with Gasteiger partial charge >= 0.3 is 0 Å². The molecule has 0 aliphatic carbocycles. The van der Waals surface area contributed by atoms with Crippen molar-refractivity contribution in [1.29, 1.82) is 0 Å². The molecular formula is C12H21NO2. The first-order chi connectivity index (χ1) is 7.31. The summed E-state index contributed by atoms with van der Waals surface area (Å²) in [5.41, 5.74) is 5.21. The maximum atomic E-state index is 8.63. The Morgan fingerprint density at radius 2 is 1.73 bits per heavy atom. The van der Waals surface area contributed by atoms with Gasteiger partial charge in [0.1, 0.15) is 12.5 Å². The normalized spacial score (nSPS) is 7.87. The summed E-state index contributed by atoms with van der Waals surface area (Å²) in [7, 11) is 0. The molecule has 0 saturated carbocycles. The van der Waals surface area contributed by atoms with Gasteiger partial charge in [-0.1, -0.05) is 38.0 Å². The highest BCUT2D eigenvalue weighted by atomic mass is 16.3. The molecule has 0 saturated heterocycles. The summed E-state index contributed by atoms with van der Waals surface area (Å²) in [5.74, 6) is 0.322. The van der Waals surface area contributed by atoms with E-state index < -0.39 is 0 Å². The second-order valence-electron chi connectivity index (χ2n) is 2.83. The van der Waals surface area contributed by atoms with Gasteiger partial charge in [0.25, 0.3) is 0 Å². The van der Waals surface area contributed by atoms with Crippen molar-refractivity contribution in [3.8, 4) is 5.75 Å². The van der Waals surface area contributed by atoms with Crippen LogP contribution in [-0.4, -0.2) is 18.4 Å². The van der Waals surface area contributed by atoms with Gasteiger partial charge in [-0.15, -0.1) is 0 Å². The number of unbranched alkanes of at least 4 members (excludes halogenated alkanes) is 2. The molecular weight excluding hydrogens is 190 g/mol. The molecule has 0 atom stereocenters. The summed E-state index contributed by atoms with van der Waals surface area (Å²) in [6, 6.07) is 8.71. The Hall–Kier alpha value is -1.35. The molecule has 0 amide bonds. The summed E-state index contributed by atoms with van der Waals surface area (Å²) in [6.07, 6.45) is 3.75. The lowest BCUT2D eigenvalue weighted by Gasteiger charge is -1.86. The molecule has 15 heavy (non-hydrogen) atoms. The first kappa shape index (κ1) is 16.1. The van der Waals surface area contributed by atoms with Crippen molar-refractivity contribution in [2.45, 2.75) is 26.2 Å². The Morgan fingerprint density at radius 3 is 1.93 bits per heavy atom. The Bertz CT molecular complexity index is 198. The van der Waals surface area contributed by atoms with Crippen LogP contribution in [0.2, 0.25) is 0 Å². The van der Waals surface area contributed by atoms with Crippen LogP contribution in [0.25, 0.3) is 0 Å². The second-order valence-corrected chi connectivity index (χ2v) is 2.83. The summed E-state index contributed by atoms with van der Waals surface area (Å²) in [4.78, 5) is 8.00. The van der Waals surface area contributed by atoms with E-state index in [0.29, 0.717) is 5.75 Å². The molecule has 1 aromatic rings. The molecule has 3 N–H and O–H groups in total.